The third-order valence-electron chi connectivity index (χ3n) is 2.22. The van der Waals surface area contributed by atoms with Crippen LogP contribution in [-0.4, -0.2) is 24.0 Å². The summed E-state index contributed by atoms with van der Waals surface area (Å²) in [5.74, 6) is 3.94. The molecule has 0 heterocycles. The second-order valence-electron chi connectivity index (χ2n) is 3.59. The Labute approximate surface area is 106 Å². The van der Waals surface area contributed by atoms with Crippen molar-refractivity contribution in [2.24, 2.45) is 0 Å². The molecule has 0 spiro atoms. The third kappa shape index (κ3) is 4.41. The van der Waals surface area contributed by atoms with Gasteiger partial charge in [0.1, 0.15) is 0 Å². The molecular weight excluding hydrogens is 232 g/mol. The molecule has 4 heteroatoms. The summed E-state index contributed by atoms with van der Waals surface area (Å²) >= 11 is 1.62. The number of anilines is 1. The Morgan fingerprint density at radius 1 is 1.59 bits per heavy atom. The van der Waals surface area contributed by atoms with E-state index in [1.165, 1.54) is 0 Å². The van der Waals surface area contributed by atoms with Gasteiger partial charge >= 0.3 is 0 Å². The molecule has 0 radical (unpaired) electrons. The zero-order valence-electron chi connectivity index (χ0n) is 9.82. The van der Waals surface area contributed by atoms with Gasteiger partial charge in [0, 0.05) is 23.5 Å². The summed E-state index contributed by atoms with van der Waals surface area (Å²) < 4.78 is 0. The van der Waals surface area contributed by atoms with Crippen molar-refractivity contribution >= 4 is 23.4 Å². The van der Waals surface area contributed by atoms with E-state index in [1.54, 1.807) is 23.9 Å². The normalized spacial score (nSPS) is 9.65. The van der Waals surface area contributed by atoms with Crippen molar-refractivity contribution < 1.29 is 4.79 Å². The molecular formula is C13H16N2OS. The highest BCUT2D eigenvalue weighted by molar-refractivity contribution is 7.99. The minimum atomic E-state index is -0.0869. The number of nitrogens with two attached hydrogens (primary N) is 1. The second-order valence-corrected chi connectivity index (χ2v) is 4.69. The fraction of sp³-hybridized carbons (Fsp3) is 0.308. The number of carbonyl (C=O) groups is 1. The predicted octanol–water partition coefficient (Wildman–Crippen LogP) is 1.67. The lowest BCUT2D eigenvalue weighted by Crippen LogP contribution is -2.26. The van der Waals surface area contributed by atoms with Crippen LogP contribution in [-0.2, 0) is 0 Å². The summed E-state index contributed by atoms with van der Waals surface area (Å²) in [5.41, 5.74) is 7.81. The lowest BCUT2D eigenvalue weighted by molar-refractivity contribution is 0.0955. The molecule has 0 fully saturated rings. The van der Waals surface area contributed by atoms with Gasteiger partial charge in [-0.2, -0.15) is 0 Å². The number of amides is 1. The Kier molecular flexibility index (Phi) is 5.44. The van der Waals surface area contributed by atoms with Gasteiger partial charge < -0.3 is 11.1 Å². The van der Waals surface area contributed by atoms with E-state index >= 15 is 0 Å². The first-order valence-electron chi connectivity index (χ1n) is 5.30. The van der Waals surface area contributed by atoms with E-state index in [-0.39, 0.29) is 5.91 Å². The Hall–Kier alpha value is -1.60. The topological polar surface area (TPSA) is 55.1 Å². The fourth-order valence-electron chi connectivity index (χ4n) is 1.35. The molecule has 0 aromatic heterocycles. The van der Waals surface area contributed by atoms with Crippen molar-refractivity contribution in [3.05, 3.63) is 29.3 Å². The van der Waals surface area contributed by atoms with Gasteiger partial charge in [-0.05, 0) is 24.6 Å². The number of terminal acetylenes is 1. The van der Waals surface area contributed by atoms with Crippen molar-refractivity contribution in [2.45, 2.75) is 6.92 Å². The summed E-state index contributed by atoms with van der Waals surface area (Å²) in [5, 5.41) is 2.84. The molecule has 0 saturated carbocycles. The average Bonchev–Trinajstić information content (AvgIpc) is 2.32. The van der Waals surface area contributed by atoms with Crippen LogP contribution < -0.4 is 11.1 Å². The number of benzene rings is 1. The van der Waals surface area contributed by atoms with E-state index in [1.807, 2.05) is 13.0 Å². The molecule has 3 N–H and O–H groups in total. The number of nitrogens with one attached hydrogen (secondary N) is 1. The number of carbonyl (C=O) groups excluding carboxylic acids is 1. The van der Waals surface area contributed by atoms with Crippen LogP contribution >= 0.6 is 11.8 Å². The van der Waals surface area contributed by atoms with Gasteiger partial charge in [0.2, 0.25) is 0 Å². The standard InChI is InChI=1S/C13H16N2OS/c1-3-7-17-8-6-15-13(16)12-9-11(14)5-4-10(12)2/h1,4-5,9H,6-8,14H2,2H3,(H,15,16). The summed E-state index contributed by atoms with van der Waals surface area (Å²) in [6.07, 6.45) is 5.13. The van der Waals surface area contributed by atoms with Crippen molar-refractivity contribution in [2.75, 3.05) is 23.8 Å². The molecule has 1 rings (SSSR count). The van der Waals surface area contributed by atoms with E-state index < -0.39 is 0 Å². The van der Waals surface area contributed by atoms with Gasteiger partial charge in [0.05, 0.1) is 5.75 Å². The number of hydrogen-bond donors (Lipinski definition) is 2. The largest absolute Gasteiger partial charge is 0.399 e. The lowest BCUT2D eigenvalue weighted by Gasteiger charge is -2.07. The van der Waals surface area contributed by atoms with E-state index in [9.17, 15) is 4.79 Å². The van der Waals surface area contributed by atoms with E-state index in [0.29, 0.717) is 23.5 Å². The molecule has 3 nitrogen and oxygen atoms in total. The molecule has 0 aliphatic heterocycles. The smallest absolute Gasteiger partial charge is 0.251 e. The monoisotopic (exact) mass is 248 g/mol. The van der Waals surface area contributed by atoms with Crippen molar-refractivity contribution in [3.63, 3.8) is 0 Å². The van der Waals surface area contributed by atoms with Gasteiger partial charge in [-0.25, -0.2) is 0 Å². The fourth-order valence-corrected chi connectivity index (χ4v) is 1.86. The Balaban J connectivity index is 2.47. The summed E-state index contributed by atoms with van der Waals surface area (Å²) in [6, 6.07) is 5.32. The van der Waals surface area contributed by atoms with Crippen LogP contribution in [0, 0.1) is 19.3 Å². The highest BCUT2D eigenvalue weighted by Gasteiger charge is 2.08. The van der Waals surface area contributed by atoms with Crippen molar-refractivity contribution in [3.8, 4) is 12.3 Å². The van der Waals surface area contributed by atoms with Crippen LogP contribution in [0.15, 0.2) is 18.2 Å². The maximum Gasteiger partial charge on any atom is 0.251 e. The zero-order valence-corrected chi connectivity index (χ0v) is 10.6. The highest BCUT2D eigenvalue weighted by Crippen LogP contribution is 2.12. The summed E-state index contributed by atoms with van der Waals surface area (Å²) in [4.78, 5) is 11.8. The number of thioether (sulfide) groups is 1. The highest BCUT2D eigenvalue weighted by atomic mass is 32.2. The molecule has 1 aromatic rings. The first-order chi connectivity index (χ1) is 8.15. The quantitative estimate of drug-likeness (QED) is 0.473. The molecule has 90 valence electrons. The maximum atomic E-state index is 11.8. The summed E-state index contributed by atoms with van der Waals surface area (Å²) in [6.45, 7) is 2.50. The van der Waals surface area contributed by atoms with Gasteiger partial charge in [0.25, 0.3) is 5.91 Å². The van der Waals surface area contributed by atoms with Gasteiger partial charge in [0.15, 0.2) is 0 Å². The SMILES string of the molecule is C#CCSCCNC(=O)c1cc(N)ccc1C. The summed E-state index contributed by atoms with van der Waals surface area (Å²) in [7, 11) is 0. The van der Waals surface area contributed by atoms with Crippen LogP contribution in [0.3, 0.4) is 0 Å². The van der Waals surface area contributed by atoms with Gasteiger partial charge in [-0.1, -0.05) is 12.0 Å². The minimum Gasteiger partial charge on any atom is -0.399 e. The van der Waals surface area contributed by atoms with E-state index in [4.69, 9.17) is 12.2 Å². The molecule has 0 aliphatic carbocycles. The Morgan fingerprint density at radius 3 is 3.06 bits per heavy atom. The molecule has 0 unspecified atom stereocenters. The number of nitrogen functional groups attached to an aromatic ring is 1. The Bertz CT molecular complexity index is 438. The molecule has 0 saturated heterocycles. The molecule has 1 aromatic carbocycles. The Morgan fingerprint density at radius 2 is 2.35 bits per heavy atom. The molecule has 1 amide bonds. The number of rotatable bonds is 5. The van der Waals surface area contributed by atoms with Gasteiger partial charge in [-0.15, -0.1) is 18.2 Å². The predicted molar refractivity (Wildman–Crippen MR) is 74.1 cm³/mol. The average molecular weight is 248 g/mol. The van der Waals surface area contributed by atoms with Crippen LogP contribution in [0.25, 0.3) is 0 Å². The third-order valence-corrected chi connectivity index (χ3v) is 3.09. The van der Waals surface area contributed by atoms with Gasteiger partial charge in [-0.3, -0.25) is 4.79 Å². The lowest BCUT2D eigenvalue weighted by atomic mass is 10.1. The molecule has 17 heavy (non-hydrogen) atoms. The first-order valence-corrected chi connectivity index (χ1v) is 6.46. The molecule has 0 atom stereocenters. The maximum absolute atomic E-state index is 11.8. The van der Waals surface area contributed by atoms with E-state index in [0.717, 1.165) is 11.3 Å². The van der Waals surface area contributed by atoms with E-state index in [2.05, 4.69) is 11.2 Å². The minimum absolute atomic E-state index is 0.0869. The van der Waals surface area contributed by atoms with Crippen LogP contribution in [0.1, 0.15) is 15.9 Å². The second kappa shape index (κ2) is 6.87. The van der Waals surface area contributed by atoms with Crippen LogP contribution in [0.4, 0.5) is 5.69 Å². The zero-order chi connectivity index (χ0) is 12.7. The van der Waals surface area contributed by atoms with Crippen molar-refractivity contribution in [1.82, 2.24) is 5.32 Å². The van der Waals surface area contributed by atoms with Crippen LogP contribution in [0.2, 0.25) is 0 Å². The molecule has 0 bridgehead atoms. The first kappa shape index (κ1) is 13.5. The van der Waals surface area contributed by atoms with Crippen molar-refractivity contribution in [1.29, 1.82) is 0 Å². The van der Waals surface area contributed by atoms with Crippen LogP contribution in [0.5, 0.6) is 0 Å². The number of aryl methyl sites for hydroxylation is 1. The number of hydrogen-bond acceptors (Lipinski definition) is 3. The molecule has 0 aliphatic rings.